The van der Waals surface area contributed by atoms with E-state index in [2.05, 4.69) is 25.1 Å². The number of nitrogens with one attached hydrogen (secondary N) is 1. The molecule has 1 saturated heterocycles. The summed E-state index contributed by atoms with van der Waals surface area (Å²) in [6.07, 6.45) is -3.31. The number of carbonyl (C=O) groups excluding carboxylic acids is 2. The summed E-state index contributed by atoms with van der Waals surface area (Å²) >= 11 is 1.22. The monoisotopic (exact) mass is 608 g/mol. The first-order valence-corrected chi connectivity index (χ1v) is 14.1. The predicted molar refractivity (Wildman–Crippen MR) is 158 cm³/mol. The summed E-state index contributed by atoms with van der Waals surface area (Å²) in [4.78, 5) is 35.8. The fourth-order valence-electron chi connectivity index (χ4n) is 4.63. The molecule has 3 aromatic carbocycles. The number of amidine groups is 1. The Balaban J connectivity index is 1.28. The zero-order valence-electron chi connectivity index (χ0n) is 23.6. The number of nitrogens with zero attached hydrogens (tertiary/aromatic N) is 5. The van der Waals surface area contributed by atoms with Gasteiger partial charge in [-0.15, -0.1) is 18.3 Å². The van der Waals surface area contributed by atoms with Crippen molar-refractivity contribution in [2.45, 2.75) is 39.6 Å². The fraction of sp³-hybridized carbons (Fsp3) is 0.233. The van der Waals surface area contributed by atoms with E-state index in [9.17, 15) is 22.8 Å². The number of carbonyl (C=O) groups is 2. The van der Waals surface area contributed by atoms with Crippen LogP contribution in [-0.4, -0.2) is 44.0 Å². The van der Waals surface area contributed by atoms with Crippen LogP contribution in [0.15, 0.2) is 78.0 Å². The number of para-hydroxylation sites is 1. The lowest BCUT2D eigenvalue weighted by atomic mass is 9.93. The third kappa shape index (κ3) is 6.72. The molecule has 0 bridgehead atoms. The fourth-order valence-corrected chi connectivity index (χ4v) is 5.48. The van der Waals surface area contributed by atoms with Gasteiger partial charge in [-0.3, -0.25) is 9.69 Å². The second kappa shape index (κ2) is 11.6. The molecule has 1 aliphatic heterocycles. The number of urea groups is 1. The van der Waals surface area contributed by atoms with Gasteiger partial charge in [0.2, 0.25) is 5.91 Å². The highest BCUT2D eigenvalue weighted by Crippen LogP contribution is 2.32. The molecule has 222 valence electrons. The number of aliphatic imine (C=N–C) groups is 1. The van der Waals surface area contributed by atoms with Crippen molar-refractivity contribution in [3.05, 3.63) is 89.7 Å². The Labute approximate surface area is 249 Å². The quantitative estimate of drug-likeness (QED) is 0.267. The van der Waals surface area contributed by atoms with Gasteiger partial charge in [0.15, 0.2) is 11.0 Å². The maximum Gasteiger partial charge on any atom is 0.573 e. The number of amides is 3. The highest BCUT2D eigenvalue weighted by atomic mass is 32.2. The van der Waals surface area contributed by atoms with Gasteiger partial charge in [-0.1, -0.05) is 54.2 Å². The van der Waals surface area contributed by atoms with Crippen molar-refractivity contribution in [2.24, 2.45) is 4.99 Å². The first-order chi connectivity index (χ1) is 20.3. The summed E-state index contributed by atoms with van der Waals surface area (Å²) in [5.74, 6) is 0.145. The van der Waals surface area contributed by atoms with Crippen LogP contribution in [0.25, 0.3) is 17.1 Å². The topological polar surface area (TPSA) is 102 Å². The molecule has 43 heavy (non-hydrogen) atoms. The Morgan fingerprint density at radius 2 is 1.65 bits per heavy atom. The molecule has 0 atom stereocenters. The van der Waals surface area contributed by atoms with Crippen LogP contribution in [0, 0.1) is 13.8 Å². The minimum Gasteiger partial charge on any atom is -0.406 e. The molecule has 0 spiro atoms. The molecular weight excluding hydrogens is 581 g/mol. The molecule has 0 radical (unpaired) electrons. The highest BCUT2D eigenvalue weighted by Gasteiger charge is 2.33. The van der Waals surface area contributed by atoms with Crippen molar-refractivity contribution in [3.8, 4) is 22.8 Å². The lowest BCUT2D eigenvalue weighted by molar-refractivity contribution is -0.274. The van der Waals surface area contributed by atoms with E-state index < -0.39 is 17.9 Å². The summed E-state index contributed by atoms with van der Waals surface area (Å²) in [6.45, 7) is 7.51. The van der Waals surface area contributed by atoms with Crippen LogP contribution in [-0.2, 0) is 10.3 Å². The average molecular weight is 609 g/mol. The average Bonchev–Trinajstić information content (AvgIpc) is 3.56. The van der Waals surface area contributed by atoms with E-state index in [1.54, 1.807) is 0 Å². The van der Waals surface area contributed by atoms with Crippen LogP contribution in [0.3, 0.4) is 0 Å². The Hall–Kier alpha value is -4.65. The number of halogens is 3. The van der Waals surface area contributed by atoms with E-state index in [0.717, 1.165) is 22.4 Å². The number of hydrogen-bond donors (Lipinski definition) is 1. The van der Waals surface area contributed by atoms with Gasteiger partial charge < -0.3 is 10.1 Å². The number of benzene rings is 3. The number of hydrogen-bond acceptors (Lipinski definition) is 6. The van der Waals surface area contributed by atoms with Gasteiger partial charge in [-0.2, -0.15) is 4.99 Å². The molecule has 4 aromatic rings. The number of ether oxygens (including phenoxy) is 1. The van der Waals surface area contributed by atoms with E-state index >= 15 is 0 Å². The van der Waals surface area contributed by atoms with Gasteiger partial charge in [0.05, 0.1) is 22.7 Å². The van der Waals surface area contributed by atoms with Gasteiger partial charge in [0, 0.05) is 5.56 Å². The Morgan fingerprint density at radius 3 is 2.28 bits per heavy atom. The number of aryl methyl sites for hydroxylation is 2. The van der Waals surface area contributed by atoms with Crippen LogP contribution in [0.5, 0.6) is 5.75 Å². The molecule has 3 amide bonds. The highest BCUT2D eigenvalue weighted by molar-refractivity contribution is 8.15. The largest absolute Gasteiger partial charge is 0.573 e. The maximum absolute atomic E-state index is 13.0. The zero-order valence-corrected chi connectivity index (χ0v) is 24.5. The van der Waals surface area contributed by atoms with E-state index in [1.165, 1.54) is 51.9 Å². The van der Waals surface area contributed by atoms with E-state index in [0.29, 0.717) is 22.2 Å². The molecule has 0 aliphatic carbocycles. The van der Waals surface area contributed by atoms with Crippen molar-refractivity contribution in [1.82, 2.24) is 20.1 Å². The Bertz CT molecular complexity index is 1680. The summed E-state index contributed by atoms with van der Waals surface area (Å²) in [5.41, 5.74) is 3.77. The lowest BCUT2D eigenvalue weighted by Crippen LogP contribution is -2.40. The van der Waals surface area contributed by atoms with E-state index in [1.807, 2.05) is 70.2 Å². The van der Waals surface area contributed by atoms with Crippen molar-refractivity contribution in [1.29, 1.82) is 0 Å². The zero-order chi connectivity index (χ0) is 30.9. The van der Waals surface area contributed by atoms with Crippen LogP contribution in [0.1, 0.15) is 30.5 Å². The van der Waals surface area contributed by atoms with Crippen LogP contribution >= 0.6 is 11.8 Å². The molecule has 1 fully saturated rings. The number of thioether (sulfide) groups is 1. The molecular formula is C30H27F3N6O3S. The van der Waals surface area contributed by atoms with Gasteiger partial charge in [0.25, 0.3) is 0 Å². The Morgan fingerprint density at radius 1 is 1.00 bits per heavy atom. The van der Waals surface area contributed by atoms with Gasteiger partial charge in [0.1, 0.15) is 12.1 Å². The Kier molecular flexibility index (Phi) is 8.02. The van der Waals surface area contributed by atoms with Gasteiger partial charge >= 0.3 is 12.4 Å². The number of rotatable bonds is 6. The SMILES string of the molecule is Cc1cccc(C)c1N1C(=O)CSC1=NC(=O)NC(C)(C)c1ccc(-c2ncn(-c3ccc(OC(F)(F)F)cc3)n2)cc1. The van der Waals surface area contributed by atoms with Gasteiger partial charge in [-0.05, 0) is 68.7 Å². The number of anilines is 1. The second-order valence-electron chi connectivity index (χ2n) is 10.3. The minimum atomic E-state index is -4.77. The standard InChI is InChI=1S/C30H27F3N6O3S/c1-18-6-5-7-19(2)25(18)39-24(40)16-43-28(39)35-27(41)36-29(3,4)21-10-8-20(9-11-21)26-34-17-38(37-26)22-12-14-23(15-13-22)42-30(31,32)33/h5-15,17H,16H2,1-4H3,(H,36,41). The number of alkyl halides is 3. The van der Waals surface area contributed by atoms with Crippen LogP contribution in [0.2, 0.25) is 0 Å². The molecule has 1 N–H and O–H groups in total. The van der Waals surface area contributed by atoms with Crippen LogP contribution in [0.4, 0.5) is 23.7 Å². The van der Waals surface area contributed by atoms with Crippen molar-refractivity contribution in [2.75, 3.05) is 10.7 Å². The first-order valence-electron chi connectivity index (χ1n) is 13.1. The number of aromatic nitrogens is 3. The smallest absolute Gasteiger partial charge is 0.406 e. The maximum atomic E-state index is 13.0. The summed E-state index contributed by atoms with van der Waals surface area (Å²) in [7, 11) is 0. The summed E-state index contributed by atoms with van der Waals surface area (Å²) in [5, 5.41) is 7.68. The molecule has 1 aromatic heterocycles. The van der Waals surface area contributed by atoms with Crippen molar-refractivity contribution in [3.63, 3.8) is 0 Å². The molecule has 1 aliphatic rings. The molecule has 0 unspecified atom stereocenters. The minimum absolute atomic E-state index is 0.132. The first kappa shape index (κ1) is 29.8. The molecule has 13 heteroatoms. The van der Waals surface area contributed by atoms with Crippen molar-refractivity contribution < 1.29 is 27.5 Å². The third-order valence-corrected chi connectivity index (χ3v) is 7.66. The second-order valence-corrected chi connectivity index (χ2v) is 11.3. The summed E-state index contributed by atoms with van der Waals surface area (Å²) < 4.78 is 42.6. The van der Waals surface area contributed by atoms with Crippen molar-refractivity contribution >= 4 is 34.6 Å². The lowest BCUT2D eigenvalue weighted by Gasteiger charge is -2.26. The normalized spacial score (nSPS) is 14.8. The molecule has 2 heterocycles. The van der Waals surface area contributed by atoms with E-state index in [-0.39, 0.29) is 17.4 Å². The summed E-state index contributed by atoms with van der Waals surface area (Å²) in [6, 6.07) is 17.7. The predicted octanol–water partition coefficient (Wildman–Crippen LogP) is 6.53. The van der Waals surface area contributed by atoms with E-state index in [4.69, 9.17) is 0 Å². The molecule has 5 rings (SSSR count). The third-order valence-electron chi connectivity index (χ3n) is 6.74. The van der Waals surface area contributed by atoms with Gasteiger partial charge in [-0.25, -0.2) is 14.5 Å². The molecule has 9 nitrogen and oxygen atoms in total. The van der Waals surface area contributed by atoms with Crippen LogP contribution < -0.4 is 15.0 Å². The molecule has 0 saturated carbocycles.